The van der Waals surface area contributed by atoms with E-state index in [1.165, 1.54) is 11.1 Å². The summed E-state index contributed by atoms with van der Waals surface area (Å²) in [5, 5.41) is 3.10. The number of carbonyl (C=O) groups is 1. The van der Waals surface area contributed by atoms with Crippen molar-refractivity contribution in [2.24, 2.45) is 0 Å². The minimum Gasteiger partial charge on any atom is -0.493 e. The second-order valence-electron chi connectivity index (χ2n) is 8.60. The summed E-state index contributed by atoms with van der Waals surface area (Å²) in [7, 11) is 0. The third-order valence-corrected chi connectivity index (χ3v) is 6.24. The zero-order chi connectivity index (χ0) is 22.5. The fourth-order valence-corrected chi connectivity index (χ4v) is 4.25. The van der Waals surface area contributed by atoms with Gasteiger partial charge in [0, 0.05) is 13.2 Å². The van der Waals surface area contributed by atoms with E-state index in [9.17, 15) is 4.79 Å². The van der Waals surface area contributed by atoms with Gasteiger partial charge >= 0.3 is 0 Å². The molecule has 1 aliphatic rings. The lowest BCUT2D eigenvalue weighted by Crippen LogP contribution is -2.36. The Morgan fingerprint density at radius 2 is 2.06 bits per heavy atom. The summed E-state index contributed by atoms with van der Waals surface area (Å²) in [6.45, 7) is 8.36. The maximum atomic E-state index is 12.6. The van der Waals surface area contributed by atoms with Crippen LogP contribution in [0.1, 0.15) is 55.6 Å². The lowest BCUT2D eigenvalue weighted by Gasteiger charge is -2.18. The average Bonchev–Trinajstić information content (AvgIpc) is 3.45. The Hall–Kier alpha value is -2.86. The van der Waals surface area contributed by atoms with Crippen molar-refractivity contribution in [1.29, 1.82) is 0 Å². The third-order valence-electron chi connectivity index (χ3n) is 6.24. The van der Waals surface area contributed by atoms with Crippen LogP contribution in [0.3, 0.4) is 0 Å². The van der Waals surface area contributed by atoms with Crippen LogP contribution < -0.4 is 10.1 Å². The van der Waals surface area contributed by atoms with E-state index in [4.69, 9.17) is 14.5 Å². The molecule has 3 aromatic rings. The van der Waals surface area contributed by atoms with E-state index >= 15 is 0 Å². The third kappa shape index (κ3) is 4.96. The normalized spacial score (nSPS) is 16.9. The number of hydrogen-bond donors (Lipinski definition) is 1. The van der Waals surface area contributed by atoms with Crippen LogP contribution in [-0.2, 0) is 16.1 Å². The number of amides is 1. The Bertz CT molecular complexity index is 1070. The number of aromatic nitrogens is 2. The van der Waals surface area contributed by atoms with Gasteiger partial charge < -0.3 is 19.4 Å². The molecule has 6 nitrogen and oxygen atoms in total. The van der Waals surface area contributed by atoms with Gasteiger partial charge in [-0.1, -0.05) is 24.3 Å². The monoisotopic (exact) mass is 435 g/mol. The first-order valence-corrected chi connectivity index (χ1v) is 11.6. The van der Waals surface area contributed by atoms with Crippen LogP contribution in [0.5, 0.6) is 5.75 Å². The Morgan fingerprint density at radius 1 is 1.22 bits per heavy atom. The molecule has 1 aliphatic heterocycles. The first kappa shape index (κ1) is 22.3. The highest BCUT2D eigenvalue weighted by atomic mass is 16.5. The van der Waals surface area contributed by atoms with E-state index in [0.29, 0.717) is 13.2 Å². The van der Waals surface area contributed by atoms with Crippen LogP contribution in [0.4, 0.5) is 0 Å². The van der Waals surface area contributed by atoms with Crippen LogP contribution in [-0.4, -0.2) is 34.8 Å². The number of carbonyl (C=O) groups excluding carboxylic acids is 1. The number of ether oxygens (including phenoxy) is 2. The van der Waals surface area contributed by atoms with E-state index in [1.54, 1.807) is 0 Å². The molecule has 0 saturated carbocycles. The molecule has 1 N–H and O–H groups in total. The standard InChI is InChI=1S/C26H33N3O3/c1-18-10-8-13-23(19(18)2)31-16-7-6-15-29-22-12-5-4-11-21(22)28-25(29)20(3)27-26(30)24-14-9-17-32-24/h4-5,8,10-13,20,24H,6-7,9,14-17H2,1-3H3,(H,27,30). The lowest BCUT2D eigenvalue weighted by atomic mass is 10.1. The predicted molar refractivity (Wildman–Crippen MR) is 126 cm³/mol. The summed E-state index contributed by atoms with van der Waals surface area (Å²) in [6.07, 6.45) is 3.29. The van der Waals surface area contributed by atoms with Crippen LogP contribution in [0.2, 0.25) is 0 Å². The predicted octanol–water partition coefficient (Wildman–Crippen LogP) is 4.87. The van der Waals surface area contributed by atoms with Crippen molar-refractivity contribution >= 4 is 16.9 Å². The quantitative estimate of drug-likeness (QED) is 0.487. The van der Waals surface area contributed by atoms with Gasteiger partial charge in [-0.15, -0.1) is 0 Å². The highest BCUT2D eigenvalue weighted by molar-refractivity contribution is 5.81. The number of benzene rings is 2. The number of imidazole rings is 1. The minimum absolute atomic E-state index is 0.0458. The zero-order valence-electron chi connectivity index (χ0n) is 19.3. The summed E-state index contributed by atoms with van der Waals surface area (Å²) in [5.41, 5.74) is 4.49. The molecule has 6 heteroatoms. The molecule has 2 unspecified atom stereocenters. The first-order chi connectivity index (χ1) is 15.5. The number of hydrogen-bond acceptors (Lipinski definition) is 4. The molecule has 2 atom stereocenters. The maximum absolute atomic E-state index is 12.6. The SMILES string of the molecule is Cc1cccc(OCCCCn2c(C(C)NC(=O)C3CCCO3)nc3ccccc32)c1C. The van der Waals surface area contributed by atoms with Crippen molar-refractivity contribution < 1.29 is 14.3 Å². The van der Waals surface area contributed by atoms with Crippen LogP contribution in [0, 0.1) is 13.8 Å². The van der Waals surface area contributed by atoms with E-state index in [0.717, 1.165) is 54.8 Å². The topological polar surface area (TPSA) is 65.4 Å². The molecule has 2 aromatic carbocycles. The summed E-state index contributed by atoms with van der Waals surface area (Å²) >= 11 is 0. The molecule has 1 saturated heterocycles. The number of nitrogens with one attached hydrogen (secondary N) is 1. The molecule has 170 valence electrons. The summed E-state index contributed by atoms with van der Waals surface area (Å²) < 4.78 is 13.8. The van der Waals surface area contributed by atoms with Crippen molar-refractivity contribution in [3.63, 3.8) is 0 Å². The molecule has 1 amide bonds. The molecule has 32 heavy (non-hydrogen) atoms. The van der Waals surface area contributed by atoms with E-state index in [1.807, 2.05) is 37.3 Å². The molecule has 0 aliphatic carbocycles. The van der Waals surface area contributed by atoms with Gasteiger partial charge in [-0.3, -0.25) is 4.79 Å². The summed E-state index contributed by atoms with van der Waals surface area (Å²) in [5.74, 6) is 1.80. The van der Waals surface area contributed by atoms with Gasteiger partial charge in [0.15, 0.2) is 0 Å². The second-order valence-corrected chi connectivity index (χ2v) is 8.60. The van der Waals surface area contributed by atoms with Crippen LogP contribution in [0.25, 0.3) is 11.0 Å². The van der Waals surface area contributed by atoms with Crippen molar-refractivity contribution in [2.75, 3.05) is 13.2 Å². The fraction of sp³-hybridized carbons (Fsp3) is 0.462. The molecule has 4 rings (SSSR count). The number of aryl methyl sites for hydroxylation is 2. The van der Waals surface area contributed by atoms with Gasteiger partial charge in [0.05, 0.1) is 23.7 Å². The van der Waals surface area contributed by atoms with E-state index in [-0.39, 0.29) is 18.1 Å². The van der Waals surface area contributed by atoms with Gasteiger partial charge in [0.2, 0.25) is 5.91 Å². The molecule has 2 heterocycles. The number of para-hydroxylation sites is 2. The van der Waals surface area contributed by atoms with Crippen molar-refractivity contribution in [3.05, 3.63) is 59.4 Å². The maximum Gasteiger partial charge on any atom is 0.249 e. The van der Waals surface area contributed by atoms with Gasteiger partial charge in [-0.2, -0.15) is 0 Å². The van der Waals surface area contributed by atoms with E-state index in [2.05, 4.69) is 35.9 Å². The lowest BCUT2D eigenvalue weighted by molar-refractivity contribution is -0.130. The zero-order valence-corrected chi connectivity index (χ0v) is 19.3. The minimum atomic E-state index is -0.336. The Balaban J connectivity index is 1.39. The molecular weight excluding hydrogens is 402 g/mol. The average molecular weight is 436 g/mol. The smallest absolute Gasteiger partial charge is 0.249 e. The van der Waals surface area contributed by atoms with Crippen LogP contribution >= 0.6 is 0 Å². The first-order valence-electron chi connectivity index (χ1n) is 11.6. The highest BCUT2D eigenvalue weighted by Crippen LogP contribution is 2.23. The Morgan fingerprint density at radius 3 is 2.88 bits per heavy atom. The van der Waals surface area contributed by atoms with Crippen LogP contribution in [0.15, 0.2) is 42.5 Å². The number of nitrogens with zero attached hydrogens (tertiary/aromatic N) is 2. The Kier molecular flexibility index (Phi) is 7.10. The summed E-state index contributed by atoms with van der Waals surface area (Å²) in [4.78, 5) is 17.4. The highest BCUT2D eigenvalue weighted by Gasteiger charge is 2.26. The number of rotatable bonds is 9. The molecule has 0 spiro atoms. The molecule has 0 bridgehead atoms. The van der Waals surface area contributed by atoms with Crippen molar-refractivity contribution in [1.82, 2.24) is 14.9 Å². The van der Waals surface area contributed by atoms with Gasteiger partial charge in [0.1, 0.15) is 17.7 Å². The largest absolute Gasteiger partial charge is 0.493 e. The molecular formula is C26H33N3O3. The van der Waals surface area contributed by atoms with Gasteiger partial charge in [-0.25, -0.2) is 4.98 Å². The number of fused-ring (bicyclic) bond motifs is 1. The molecule has 1 aromatic heterocycles. The number of unbranched alkanes of at least 4 members (excludes halogenated alkanes) is 1. The Labute approximate surface area is 189 Å². The molecule has 0 radical (unpaired) electrons. The fourth-order valence-electron chi connectivity index (χ4n) is 4.25. The van der Waals surface area contributed by atoms with E-state index < -0.39 is 0 Å². The van der Waals surface area contributed by atoms with Crippen molar-refractivity contribution in [3.8, 4) is 5.75 Å². The molecule has 1 fully saturated rings. The summed E-state index contributed by atoms with van der Waals surface area (Å²) in [6, 6.07) is 14.1. The van der Waals surface area contributed by atoms with Gasteiger partial charge in [0.25, 0.3) is 0 Å². The van der Waals surface area contributed by atoms with Crippen molar-refractivity contribution in [2.45, 2.75) is 65.1 Å². The van der Waals surface area contributed by atoms with Gasteiger partial charge in [-0.05, 0) is 75.8 Å². The second kappa shape index (κ2) is 10.2.